The van der Waals surface area contributed by atoms with E-state index in [-0.39, 0.29) is 5.41 Å². The maximum Gasteiger partial charge on any atom is 0.303 e. The van der Waals surface area contributed by atoms with Gasteiger partial charge in [0, 0.05) is 6.42 Å². The molecule has 1 N–H and O–H groups in total. The quantitative estimate of drug-likeness (QED) is 0.724. The Hall–Kier alpha value is -1.05. The maximum atomic E-state index is 11.2. The topological polar surface area (TPSA) is 37.3 Å². The van der Waals surface area contributed by atoms with Crippen LogP contribution in [0.3, 0.4) is 0 Å². The van der Waals surface area contributed by atoms with Gasteiger partial charge in [-0.1, -0.05) is 30.7 Å². The molecule has 2 bridgehead atoms. The molecular weight excluding hydrogens is 272 g/mol. The zero-order valence-electron chi connectivity index (χ0n) is 14.3. The number of carboxylic acid groups (broad SMARTS) is 1. The Kier molecular flexibility index (Phi) is 3.78. The third kappa shape index (κ3) is 2.26. The molecule has 122 valence electrons. The Balaban J connectivity index is 1.97. The number of hydrogen-bond donors (Lipinski definition) is 1. The second-order valence-corrected chi connectivity index (χ2v) is 8.49. The number of allylic oxidation sites excluding steroid dienone is 3. The molecule has 2 fully saturated rings. The average molecular weight is 302 g/mol. The first-order valence-corrected chi connectivity index (χ1v) is 8.85. The van der Waals surface area contributed by atoms with Crippen LogP contribution in [-0.2, 0) is 4.79 Å². The molecule has 0 aromatic carbocycles. The van der Waals surface area contributed by atoms with Crippen LogP contribution in [-0.4, -0.2) is 11.1 Å². The Bertz CT molecular complexity index is 532. The molecule has 3 aliphatic carbocycles. The van der Waals surface area contributed by atoms with Crippen LogP contribution in [0.5, 0.6) is 0 Å². The molecule has 1 spiro atoms. The Labute approximate surface area is 134 Å². The SMILES string of the molecule is C=C(C)[C@H]1CC[C@]23C=C(C)[C@H](CC[C@H]2[C@]1(C)CCC(=O)O)C3. The highest BCUT2D eigenvalue weighted by Crippen LogP contribution is 2.67. The summed E-state index contributed by atoms with van der Waals surface area (Å²) in [4.78, 5) is 11.2. The predicted octanol–water partition coefficient (Wildman–Crippen LogP) is 5.21. The lowest BCUT2D eigenvalue weighted by molar-refractivity contribution is -0.139. The van der Waals surface area contributed by atoms with E-state index >= 15 is 0 Å². The zero-order valence-corrected chi connectivity index (χ0v) is 14.3. The van der Waals surface area contributed by atoms with E-state index < -0.39 is 5.97 Å². The van der Waals surface area contributed by atoms with Gasteiger partial charge in [-0.2, -0.15) is 0 Å². The van der Waals surface area contributed by atoms with Gasteiger partial charge in [-0.25, -0.2) is 0 Å². The minimum absolute atomic E-state index is 0.0918. The second kappa shape index (κ2) is 5.25. The van der Waals surface area contributed by atoms with Crippen molar-refractivity contribution in [1.82, 2.24) is 0 Å². The van der Waals surface area contributed by atoms with Crippen molar-refractivity contribution in [3.63, 3.8) is 0 Å². The van der Waals surface area contributed by atoms with Crippen LogP contribution in [0.2, 0.25) is 0 Å². The first kappa shape index (κ1) is 15.8. The van der Waals surface area contributed by atoms with Gasteiger partial charge in [0.05, 0.1) is 0 Å². The van der Waals surface area contributed by atoms with Crippen LogP contribution in [0.4, 0.5) is 0 Å². The third-order valence-corrected chi connectivity index (χ3v) is 7.25. The predicted molar refractivity (Wildman–Crippen MR) is 89.5 cm³/mol. The highest BCUT2D eigenvalue weighted by molar-refractivity contribution is 5.66. The molecule has 2 nitrogen and oxygen atoms in total. The van der Waals surface area contributed by atoms with Crippen molar-refractivity contribution in [3.8, 4) is 0 Å². The summed E-state index contributed by atoms with van der Waals surface area (Å²) in [6, 6.07) is 0. The Morgan fingerprint density at radius 3 is 2.77 bits per heavy atom. The number of carbonyl (C=O) groups is 1. The molecule has 0 amide bonds. The lowest BCUT2D eigenvalue weighted by atomic mass is 9.46. The first-order chi connectivity index (χ1) is 10.3. The number of hydrogen-bond acceptors (Lipinski definition) is 1. The molecule has 0 unspecified atom stereocenters. The number of fused-ring (bicyclic) bond motifs is 1. The molecule has 3 aliphatic rings. The number of aliphatic carboxylic acids is 1. The van der Waals surface area contributed by atoms with Gasteiger partial charge in [0.1, 0.15) is 0 Å². The molecule has 5 atom stereocenters. The van der Waals surface area contributed by atoms with Crippen LogP contribution in [0, 0.1) is 28.6 Å². The van der Waals surface area contributed by atoms with Crippen molar-refractivity contribution in [2.75, 3.05) is 0 Å². The van der Waals surface area contributed by atoms with Gasteiger partial charge in [0.15, 0.2) is 0 Å². The lowest BCUT2D eigenvalue weighted by Crippen LogP contribution is -2.50. The summed E-state index contributed by atoms with van der Waals surface area (Å²) in [5.41, 5.74) is 3.29. The van der Waals surface area contributed by atoms with Crippen molar-refractivity contribution in [2.24, 2.45) is 28.6 Å². The van der Waals surface area contributed by atoms with E-state index in [9.17, 15) is 9.90 Å². The third-order valence-electron chi connectivity index (χ3n) is 7.25. The van der Waals surface area contributed by atoms with Crippen molar-refractivity contribution >= 4 is 5.97 Å². The number of carboxylic acids is 1. The van der Waals surface area contributed by atoms with Gasteiger partial charge in [-0.3, -0.25) is 4.79 Å². The smallest absolute Gasteiger partial charge is 0.303 e. The monoisotopic (exact) mass is 302 g/mol. The molecule has 0 saturated heterocycles. The summed E-state index contributed by atoms with van der Waals surface area (Å²) in [6.07, 6.45) is 9.99. The maximum absolute atomic E-state index is 11.2. The average Bonchev–Trinajstić information content (AvgIpc) is 2.66. The van der Waals surface area contributed by atoms with E-state index in [0.29, 0.717) is 23.7 Å². The summed E-state index contributed by atoms with van der Waals surface area (Å²) in [6.45, 7) is 11.1. The lowest BCUT2D eigenvalue weighted by Gasteiger charge is -2.58. The highest BCUT2D eigenvalue weighted by atomic mass is 16.4. The van der Waals surface area contributed by atoms with Crippen LogP contribution >= 0.6 is 0 Å². The normalized spacial score (nSPS) is 43.4. The Morgan fingerprint density at radius 1 is 1.41 bits per heavy atom. The van der Waals surface area contributed by atoms with Crippen LogP contribution in [0.15, 0.2) is 23.8 Å². The molecule has 2 heteroatoms. The van der Waals surface area contributed by atoms with Crippen molar-refractivity contribution in [3.05, 3.63) is 23.8 Å². The standard InChI is InChI=1S/C20H30O2/c1-13(2)16-7-10-20-11-14(3)15(12-20)5-6-17(20)19(16,4)9-8-18(21)22/h11,15-17H,1,5-10,12H2,2-4H3,(H,21,22)/t15-,16-,17+,19-,20-/m1/s1. The molecule has 0 heterocycles. The molecule has 0 aliphatic heterocycles. The molecule has 0 radical (unpaired) electrons. The molecular formula is C20H30O2. The van der Waals surface area contributed by atoms with Gasteiger partial charge >= 0.3 is 5.97 Å². The minimum atomic E-state index is -0.659. The molecule has 0 aromatic heterocycles. The molecule has 3 rings (SSSR count). The van der Waals surface area contributed by atoms with Gasteiger partial charge in [-0.05, 0) is 81.0 Å². The molecule has 2 saturated carbocycles. The van der Waals surface area contributed by atoms with E-state index in [1.165, 1.54) is 37.7 Å². The van der Waals surface area contributed by atoms with E-state index in [2.05, 4.69) is 33.4 Å². The largest absolute Gasteiger partial charge is 0.481 e. The first-order valence-electron chi connectivity index (χ1n) is 8.85. The van der Waals surface area contributed by atoms with E-state index in [0.717, 1.165) is 12.3 Å². The summed E-state index contributed by atoms with van der Waals surface area (Å²) in [5.74, 6) is 1.24. The number of rotatable bonds is 4. The fourth-order valence-corrected chi connectivity index (χ4v) is 6.33. The summed E-state index contributed by atoms with van der Waals surface area (Å²) in [5, 5.41) is 9.22. The van der Waals surface area contributed by atoms with Gasteiger partial charge in [0.25, 0.3) is 0 Å². The van der Waals surface area contributed by atoms with Gasteiger partial charge < -0.3 is 5.11 Å². The van der Waals surface area contributed by atoms with E-state index in [1.54, 1.807) is 5.57 Å². The fourth-order valence-electron chi connectivity index (χ4n) is 6.33. The van der Waals surface area contributed by atoms with Crippen molar-refractivity contribution in [1.29, 1.82) is 0 Å². The van der Waals surface area contributed by atoms with Gasteiger partial charge in [0.2, 0.25) is 0 Å². The Morgan fingerprint density at radius 2 is 2.14 bits per heavy atom. The summed E-state index contributed by atoms with van der Waals surface area (Å²) >= 11 is 0. The van der Waals surface area contributed by atoms with Crippen molar-refractivity contribution in [2.45, 2.75) is 65.7 Å². The van der Waals surface area contributed by atoms with E-state index in [1.807, 2.05) is 0 Å². The zero-order chi connectivity index (χ0) is 16.1. The van der Waals surface area contributed by atoms with Crippen LogP contribution in [0.25, 0.3) is 0 Å². The van der Waals surface area contributed by atoms with Crippen LogP contribution < -0.4 is 0 Å². The summed E-state index contributed by atoms with van der Waals surface area (Å²) < 4.78 is 0. The fraction of sp³-hybridized carbons (Fsp3) is 0.750. The van der Waals surface area contributed by atoms with Gasteiger partial charge in [-0.15, -0.1) is 0 Å². The second-order valence-electron chi connectivity index (χ2n) is 8.49. The summed E-state index contributed by atoms with van der Waals surface area (Å²) in [7, 11) is 0. The molecule has 22 heavy (non-hydrogen) atoms. The molecule has 0 aromatic rings. The minimum Gasteiger partial charge on any atom is -0.481 e. The van der Waals surface area contributed by atoms with E-state index in [4.69, 9.17) is 0 Å². The van der Waals surface area contributed by atoms with Crippen LogP contribution in [0.1, 0.15) is 65.7 Å². The van der Waals surface area contributed by atoms with Crippen molar-refractivity contribution < 1.29 is 9.90 Å². The highest BCUT2D eigenvalue weighted by Gasteiger charge is 2.58.